The van der Waals surface area contributed by atoms with Crippen molar-refractivity contribution in [2.24, 2.45) is 0 Å². The molecule has 0 unspecified atom stereocenters. The fraction of sp³-hybridized carbons (Fsp3) is 0.167. The number of aryl methyl sites for hydroxylation is 2. The maximum atomic E-state index is 5.89. The van der Waals surface area contributed by atoms with Gasteiger partial charge < -0.3 is 5.73 Å². The number of anilines is 1. The molecule has 0 heterocycles. The first-order valence-electron chi connectivity index (χ1n) is 4.44. The Morgan fingerprint density at radius 2 is 1.77 bits per heavy atom. The number of fused-ring (bicyclic) bond motifs is 1. The van der Waals surface area contributed by atoms with Gasteiger partial charge in [0, 0.05) is 11.1 Å². The fourth-order valence-corrected chi connectivity index (χ4v) is 1.78. The first-order chi connectivity index (χ1) is 6.18. The van der Waals surface area contributed by atoms with Gasteiger partial charge in [-0.3, -0.25) is 0 Å². The van der Waals surface area contributed by atoms with Crippen LogP contribution in [0.1, 0.15) is 11.1 Å². The summed E-state index contributed by atoms with van der Waals surface area (Å²) in [7, 11) is 0. The first-order valence-corrected chi connectivity index (χ1v) is 4.44. The van der Waals surface area contributed by atoms with Crippen LogP contribution in [0, 0.1) is 13.8 Å². The van der Waals surface area contributed by atoms with Crippen molar-refractivity contribution in [1.82, 2.24) is 0 Å². The van der Waals surface area contributed by atoms with Gasteiger partial charge in [-0.05, 0) is 36.9 Å². The Balaban J connectivity index is 2.94. The smallest absolute Gasteiger partial charge is 0.0393 e. The molecule has 0 aliphatic rings. The predicted octanol–water partition coefficient (Wildman–Crippen LogP) is 3.04. The number of nitrogen functional groups attached to an aromatic ring is 1. The van der Waals surface area contributed by atoms with E-state index >= 15 is 0 Å². The summed E-state index contributed by atoms with van der Waals surface area (Å²) in [6.07, 6.45) is 0. The molecule has 2 rings (SSSR count). The van der Waals surface area contributed by atoms with Crippen molar-refractivity contribution in [3.63, 3.8) is 0 Å². The van der Waals surface area contributed by atoms with Crippen LogP contribution in [0.15, 0.2) is 30.3 Å². The minimum atomic E-state index is 0.865. The third kappa shape index (κ3) is 1.26. The minimum Gasteiger partial charge on any atom is -0.398 e. The Morgan fingerprint density at radius 3 is 2.54 bits per heavy atom. The van der Waals surface area contributed by atoms with E-state index in [2.05, 4.69) is 32.0 Å². The molecule has 0 aromatic heterocycles. The summed E-state index contributed by atoms with van der Waals surface area (Å²) >= 11 is 0. The molecule has 0 aliphatic heterocycles. The highest BCUT2D eigenvalue weighted by Gasteiger charge is 2.00. The van der Waals surface area contributed by atoms with E-state index in [1.165, 1.54) is 21.9 Å². The number of nitrogens with two attached hydrogens (primary N) is 1. The molecule has 0 atom stereocenters. The minimum absolute atomic E-state index is 0.865. The quantitative estimate of drug-likeness (QED) is 0.606. The molecule has 13 heavy (non-hydrogen) atoms. The molecule has 0 spiro atoms. The average molecular weight is 171 g/mol. The van der Waals surface area contributed by atoms with Crippen LogP contribution in [-0.2, 0) is 0 Å². The summed E-state index contributed by atoms with van der Waals surface area (Å²) in [4.78, 5) is 0. The van der Waals surface area contributed by atoms with Gasteiger partial charge in [0.15, 0.2) is 0 Å². The molecule has 2 aromatic rings. The SMILES string of the molecule is Cc1cc(C)c2cccc(N)c2c1. The molecular weight excluding hydrogens is 158 g/mol. The summed E-state index contributed by atoms with van der Waals surface area (Å²) in [5, 5.41) is 2.42. The predicted molar refractivity (Wildman–Crippen MR) is 57.8 cm³/mol. The molecule has 0 radical (unpaired) electrons. The van der Waals surface area contributed by atoms with E-state index in [4.69, 9.17) is 5.73 Å². The van der Waals surface area contributed by atoms with E-state index < -0.39 is 0 Å². The molecule has 0 saturated carbocycles. The fourth-order valence-electron chi connectivity index (χ4n) is 1.78. The third-order valence-electron chi connectivity index (χ3n) is 2.38. The molecule has 0 amide bonds. The van der Waals surface area contributed by atoms with Crippen molar-refractivity contribution in [2.75, 3.05) is 5.73 Å². The number of hydrogen-bond donors (Lipinski definition) is 1. The van der Waals surface area contributed by atoms with E-state index in [9.17, 15) is 0 Å². The van der Waals surface area contributed by atoms with Crippen molar-refractivity contribution < 1.29 is 0 Å². The molecule has 2 N–H and O–H groups in total. The van der Waals surface area contributed by atoms with Gasteiger partial charge in [0.05, 0.1) is 0 Å². The second-order valence-corrected chi connectivity index (χ2v) is 3.52. The lowest BCUT2D eigenvalue weighted by atomic mass is 10.0. The highest BCUT2D eigenvalue weighted by Crippen LogP contribution is 2.24. The summed E-state index contributed by atoms with van der Waals surface area (Å²) in [5.41, 5.74) is 9.32. The summed E-state index contributed by atoms with van der Waals surface area (Å²) in [5.74, 6) is 0. The van der Waals surface area contributed by atoms with Gasteiger partial charge in [-0.2, -0.15) is 0 Å². The number of hydrogen-bond acceptors (Lipinski definition) is 1. The van der Waals surface area contributed by atoms with Gasteiger partial charge in [-0.15, -0.1) is 0 Å². The lowest BCUT2D eigenvalue weighted by molar-refractivity contribution is 1.43. The van der Waals surface area contributed by atoms with E-state index in [0.29, 0.717) is 0 Å². The lowest BCUT2D eigenvalue weighted by Crippen LogP contribution is -1.88. The maximum absolute atomic E-state index is 5.89. The van der Waals surface area contributed by atoms with E-state index in [-0.39, 0.29) is 0 Å². The van der Waals surface area contributed by atoms with Crippen LogP contribution in [-0.4, -0.2) is 0 Å². The zero-order valence-corrected chi connectivity index (χ0v) is 7.96. The average Bonchev–Trinajstić information content (AvgIpc) is 2.07. The van der Waals surface area contributed by atoms with E-state index in [1.807, 2.05) is 12.1 Å². The second kappa shape index (κ2) is 2.77. The molecular formula is C12H13N. The van der Waals surface area contributed by atoms with Crippen molar-refractivity contribution in [2.45, 2.75) is 13.8 Å². The molecule has 2 aromatic carbocycles. The summed E-state index contributed by atoms with van der Waals surface area (Å²) < 4.78 is 0. The van der Waals surface area contributed by atoms with Crippen LogP contribution >= 0.6 is 0 Å². The molecule has 1 nitrogen and oxygen atoms in total. The van der Waals surface area contributed by atoms with E-state index in [1.54, 1.807) is 0 Å². The largest absolute Gasteiger partial charge is 0.398 e. The summed E-state index contributed by atoms with van der Waals surface area (Å²) in [6, 6.07) is 10.4. The standard InChI is InChI=1S/C12H13N/c1-8-6-9(2)10-4-3-5-12(13)11(10)7-8/h3-7H,13H2,1-2H3. The van der Waals surface area contributed by atoms with Crippen LogP contribution in [0.5, 0.6) is 0 Å². The topological polar surface area (TPSA) is 26.0 Å². The van der Waals surface area contributed by atoms with Crippen molar-refractivity contribution in [1.29, 1.82) is 0 Å². The van der Waals surface area contributed by atoms with Crippen LogP contribution in [0.2, 0.25) is 0 Å². The Kier molecular flexibility index (Phi) is 1.73. The van der Waals surface area contributed by atoms with Gasteiger partial charge in [0.25, 0.3) is 0 Å². The van der Waals surface area contributed by atoms with Gasteiger partial charge >= 0.3 is 0 Å². The van der Waals surface area contributed by atoms with Gasteiger partial charge in [-0.1, -0.05) is 23.8 Å². The van der Waals surface area contributed by atoms with Crippen molar-refractivity contribution in [3.05, 3.63) is 41.5 Å². The molecule has 0 bridgehead atoms. The molecule has 0 aliphatic carbocycles. The Morgan fingerprint density at radius 1 is 1.00 bits per heavy atom. The van der Waals surface area contributed by atoms with Crippen LogP contribution < -0.4 is 5.73 Å². The monoisotopic (exact) mass is 171 g/mol. The van der Waals surface area contributed by atoms with Crippen molar-refractivity contribution >= 4 is 16.5 Å². The zero-order chi connectivity index (χ0) is 9.42. The molecule has 66 valence electrons. The third-order valence-corrected chi connectivity index (χ3v) is 2.38. The highest BCUT2D eigenvalue weighted by molar-refractivity contribution is 5.95. The number of rotatable bonds is 0. The first kappa shape index (κ1) is 8.11. The Bertz CT molecular complexity index is 458. The van der Waals surface area contributed by atoms with Crippen molar-refractivity contribution in [3.8, 4) is 0 Å². The molecule has 1 heteroatoms. The van der Waals surface area contributed by atoms with Crippen LogP contribution in [0.25, 0.3) is 10.8 Å². The normalized spacial score (nSPS) is 10.6. The molecule has 0 saturated heterocycles. The van der Waals surface area contributed by atoms with E-state index in [0.717, 1.165) is 5.69 Å². The zero-order valence-electron chi connectivity index (χ0n) is 7.96. The lowest BCUT2D eigenvalue weighted by Gasteiger charge is -2.06. The highest BCUT2D eigenvalue weighted by atomic mass is 14.5. The Hall–Kier alpha value is -1.50. The second-order valence-electron chi connectivity index (χ2n) is 3.52. The van der Waals surface area contributed by atoms with Gasteiger partial charge in [0.2, 0.25) is 0 Å². The number of benzene rings is 2. The Labute approximate surface area is 78.2 Å². The van der Waals surface area contributed by atoms with Crippen LogP contribution in [0.4, 0.5) is 5.69 Å². The van der Waals surface area contributed by atoms with Gasteiger partial charge in [0.1, 0.15) is 0 Å². The van der Waals surface area contributed by atoms with Gasteiger partial charge in [-0.25, -0.2) is 0 Å². The summed E-state index contributed by atoms with van der Waals surface area (Å²) in [6.45, 7) is 4.22. The van der Waals surface area contributed by atoms with Crippen LogP contribution in [0.3, 0.4) is 0 Å². The maximum Gasteiger partial charge on any atom is 0.0393 e. The molecule has 0 fully saturated rings.